The number of aliphatic hydroxyl groups is 3. The van der Waals surface area contributed by atoms with Crippen molar-refractivity contribution in [3.8, 4) is 46.0 Å². The largest absolute Gasteiger partial charge is 0.508 e. The van der Waals surface area contributed by atoms with Crippen LogP contribution in [0, 0.1) is 0 Å². The third-order valence-corrected chi connectivity index (χ3v) is 7.63. The molecule has 0 bridgehead atoms. The van der Waals surface area contributed by atoms with Gasteiger partial charge in [0.25, 0.3) is 0 Å². The summed E-state index contributed by atoms with van der Waals surface area (Å²) in [5.41, 5.74) is 0.799. The highest BCUT2D eigenvalue weighted by atomic mass is 16.5. The standard InChI is InChI=1S/C30H26O11/c31-14-5-1-12(2-6-14)27-24(37)20(16-9-10-19(33)23(36)29(16)40-27)17-11-18-22(35)25(38)28(13-3-7-15(32)8-4-13)41-30(18)26(39)21(17)34/h1-11,20,22,24-25,27-28,31-39H/t20-,22+,24+,25-,27-,28+/m0/s1. The maximum Gasteiger partial charge on any atom is 0.201 e. The highest BCUT2D eigenvalue weighted by Gasteiger charge is 2.45. The molecule has 0 aliphatic carbocycles. The lowest BCUT2D eigenvalue weighted by Gasteiger charge is -2.39. The predicted molar refractivity (Wildman–Crippen MR) is 141 cm³/mol. The predicted octanol–water partition coefficient (Wildman–Crippen LogP) is 3.07. The summed E-state index contributed by atoms with van der Waals surface area (Å²) in [4.78, 5) is 0. The minimum Gasteiger partial charge on any atom is -0.508 e. The van der Waals surface area contributed by atoms with Crippen LogP contribution in [-0.4, -0.2) is 58.2 Å². The molecule has 0 fully saturated rings. The molecule has 41 heavy (non-hydrogen) atoms. The van der Waals surface area contributed by atoms with Gasteiger partial charge in [0.1, 0.15) is 29.8 Å². The molecule has 0 spiro atoms. The van der Waals surface area contributed by atoms with Gasteiger partial charge in [-0.1, -0.05) is 30.3 Å². The zero-order valence-electron chi connectivity index (χ0n) is 21.2. The van der Waals surface area contributed by atoms with Gasteiger partial charge in [-0.05, 0) is 47.5 Å². The Morgan fingerprint density at radius 1 is 0.488 bits per heavy atom. The summed E-state index contributed by atoms with van der Waals surface area (Å²) in [5.74, 6) is -4.25. The van der Waals surface area contributed by atoms with Crippen molar-refractivity contribution in [2.24, 2.45) is 0 Å². The first-order chi connectivity index (χ1) is 19.6. The second-order valence-corrected chi connectivity index (χ2v) is 10.1. The second-order valence-electron chi connectivity index (χ2n) is 10.1. The van der Waals surface area contributed by atoms with Crippen LogP contribution in [0.4, 0.5) is 0 Å². The summed E-state index contributed by atoms with van der Waals surface area (Å²) in [6.07, 6.45) is -6.87. The third-order valence-electron chi connectivity index (χ3n) is 7.63. The summed E-state index contributed by atoms with van der Waals surface area (Å²) < 4.78 is 11.7. The molecule has 0 radical (unpaired) electrons. The summed E-state index contributed by atoms with van der Waals surface area (Å²) >= 11 is 0. The van der Waals surface area contributed by atoms with E-state index in [1.807, 2.05) is 0 Å². The molecule has 0 aromatic heterocycles. The molecule has 6 rings (SSSR count). The van der Waals surface area contributed by atoms with Crippen LogP contribution in [0.25, 0.3) is 0 Å². The van der Waals surface area contributed by atoms with Crippen LogP contribution in [0.3, 0.4) is 0 Å². The summed E-state index contributed by atoms with van der Waals surface area (Å²) in [7, 11) is 0. The van der Waals surface area contributed by atoms with E-state index in [4.69, 9.17) is 9.47 Å². The van der Waals surface area contributed by atoms with Gasteiger partial charge >= 0.3 is 0 Å². The topological polar surface area (TPSA) is 201 Å². The van der Waals surface area contributed by atoms with Gasteiger partial charge in [-0.2, -0.15) is 0 Å². The third kappa shape index (κ3) is 4.18. The SMILES string of the molecule is Oc1ccc([C@H]2Oc3c(cc([C@@H]4c5ccc(O)c(O)c5O[C@@H](c5ccc(O)cc5)[C@@H]4O)c(O)c3O)[C@@H](O)[C@@H]2O)cc1. The zero-order chi connectivity index (χ0) is 29.2. The number of aliphatic hydroxyl groups excluding tert-OH is 3. The number of benzene rings is 4. The number of aromatic hydroxyl groups is 6. The Morgan fingerprint density at radius 2 is 1.00 bits per heavy atom. The quantitative estimate of drug-likeness (QED) is 0.166. The second kappa shape index (κ2) is 9.66. The Morgan fingerprint density at radius 3 is 1.56 bits per heavy atom. The fourth-order valence-corrected chi connectivity index (χ4v) is 5.52. The van der Waals surface area contributed by atoms with Crippen molar-refractivity contribution >= 4 is 0 Å². The first kappa shape index (κ1) is 26.4. The van der Waals surface area contributed by atoms with Gasteiger partial charge < -0.3 is 55.4 Å². The van der Waals surface area contributed by atoms with Crippen LogP contribution in [0.2, 0.25) is 0 Å². The van der Waals surface area contributed by atoms with Crippen LogP contribution in [-0.2, 0) is 0 Å². The van der Waals surface area contributed by atoms with E-state index >= 15 is 0 Å². The molecule has 0 amide bonds. The molecule has 4 aromatic carbocycles. The summed E-state index contributed by atoms with van der Waals surface area (Å²) in [5, 5.41) is 96.0. The van der Waals surface area contributed by atoms with Crippen molar-refractivity contribution in [1.82, 2.24) is 0 Å². The van der Waals surface area contributed by atoms with Crippen molar-refractivity contribution in [2.75, 3.05) is 0 Å². The maximum absolute atomic E-state index is 11.6. The average Bonchev–Trinajstić information content (AvgIpc) is 2.96. The van der Waals surface area contributed by atoms with E-state index in [0.29, 0.717) is 11.1 Å². The smallest absolute Gasteiger partial charge is 0.201 e. The lowest BCUT2D eigenvalue weighted by atomic mass is 9.78. The van der Waals surface area contributed by atoms with Gasteiger partial charge in [-0.15, -0.1) is 0 Å². The molecule has 6 atom stereocenters. The van der Waals surface area contributed by atoms with Crippen LogP contribution in [0.15, 0.2) is 66.7 Å². The van der Waals surface area contributed by atoms with Crippen LogP contribution in [0.5, 0.6) is 46.0 Å². The van der Waals surface area contributed by atoms with Crippen LogP contribution < -0.4 is 9.47 Å². The Bertz CT molecular complexity index is 1620. The zero-order valence-corrected chi connectivity index (χ0v) is 21.2. The molecule has 4 aromatic rings. The fourth-order valence-electron chi connectivity index (χ4n) is 5.52. The highest BCUT2D eigenvalue weighted by Crippen LogP contribution is 2.57. The Kier molecular flexibility index (Phi) is 6.22. The Labute approximate surface area is 232 Å². The molecule has 0 saturated heterocycles. The number of fused-ring (bicyclic) bond motifs is 2. The van der Waals surface area contributed by atoms with Gasteiger partial charge in [0.2, 0.25) is 11.5 Å². The monoisotopic (exact) mass is 562 g/mol. The van der Waals surface area contributed by atoms with Gasteiger partial charge in [0.15, 0.2) is 35.2 Å². The van der Waals surface area contributed by atoms with Crippen molar-refractivity contribution in [2.45, 2.75) is 36.4 Å². The van der Waals surface area contributed by atoms with Crippen molar-refractivity contribution in [1.29, 1.82) is 0 Å². The fraction of sp³-hybridized carbons (Fsp3) is 0.200. The van der Waals surface area contributed by atoms with Crippen molar-refractivity contribution in [3.63, 3.8) is 0 Å². The molecule has 0 saturated carbocycles. The van der Waals surface area contributed by atoms with Gasteiger partial charge in [0.05, 0.1) is 0 Å². The number of ether oxygens (including phenoxy) is 2. The lowest BCUT2D eigenvalue weighted by molar-refractivity contribution is -0.0711. The van der Waals surface area contributed by atoms with E-state index < -0.39 is 59.4 Å². The molecule has 212 valence electrons. The van der Waals surface area contributed by atoms with E-state index in [0.717, 1.165) is 0 Å². The number of hydrogen-bond acceptors (Lipinski definition) is 11. The normalized spacial score (nSPS) is 25.0. The molecule has 11 nitrogen and oxygen atoms in total. The van der Waals surface area contributed by atoms with Gasteiger partial charge in [0, 0.05) is 22.6 Å². The average molecular weight is 563 g/mol. The number of hydrogen-bond donors (Lipinski definition) is 9. The molecule has 2 aliphatic rings. The van der Waals surface area contributed by atoms with E-state index in [1.165, 1.54) is 66.7 Å². The minimum absolute atomic E-state index is 0.0228. The van der Waals surface area contributed by atoms with Gasteiger partial charge in [-0.25, -0.2) is 0 Å². The van der Waals surface area contributed by atoms with E-state index in [-0.39, 0.29) is 39.7 Å². The van der Waals surface area contributed by atoms with E-state index in [2.05, 4.69) is 0 Å². The maximum atomic E-state index is 11.6. The van der Waals surface area contributed by atoms with Crippen LogP contribution in [0.1, 0.15) is 52.0 Å². The first-order valence-electron chi connectivity index (χ1n) is 12.7. The number of rotatable bonds is 3. The van der Waals surface area contributed by atoms with E-state index in [9.17, 15) is 46.0 Å². The van der Waals surface area contributed by atoms with Crippen molar-refractivity contribution < 1.29 is 55.4 Å². The molecule has 9 N–H and O–H groups in total. The Hall–Kier alpha value is -4.84. The Balaban J connectivity index is 1.49. The van der Waals surface area contributed by atoms with Crippen LogP contribution >= 0.6 is 0 Å². The van der Waals surface area contributed by atoms with Crippen molar-refractivity contribution in [3.05, 3.63) is 94.5 Å². The van der Waals surface area contributed by atoms with Gasteiger partial charge in [-0.3, -0.25) is 0 Å². The summed E-state index contributed by atoms with van der Waals surface area (Å²) in [6, 6.07) is 15.3. The molecular weight excluding hydrogens is 536 g/mol. The van der Waals surface area contributed by atoms with E-state index in [1.54, 1.807) is 0 Å². The number of phenols is 6. The number of phenolic OH excluding ortho intramolecular Hbond substituents is 6. The highest BCUT2D eigenvalue weighted by molar-refractivity contribution is 5.65. The molecule has 2 heterocycles. The minimum atomic E-state index is -1.60. The molecule has 0 unspecified atom stereocenters. The lowest BCUT2D eigenvalue weighted by Crippen LogP contribution is -2.36. The molecule has 2 aliphatic heterocycles. The molecular formula is C30H26O11. The first-order valence-corrected chi connectivity index (χ1v) is 12.7. The molecule has 11 heteroatoms. The summed E-state index contributed by atoms with van der Waals surface area (Å²) in [6.45, 7) is 0.